The number of nitrogens with two attached hydrogens (primary N) is 1. The van der Waals surface area contributed by atoms with Crippen LogP contribution in [-0.2, 0) is 40.3 Å². The number of rotatable bonds is 7. The molecule has 1 aliphatic heterocycles. The molecule has 0 spiro atoms. The number of hydrogen-bond acceptors (Lipinski definition) is 7. The van der Waals surface area contributed by atoms with Crippen molar-refractivity contribution in [3.8, 4) is 0 Å². The van der Waals surface area contributed by atoms with Gasteiger partial charge in [-0.3, -0.25) is 29.4 Å². The highest BCUT2D eigenvalue weighted by Gasteiger charge is 2.73. The van der Waals surface area contributed by atoms with Gasteiger partial charge in [0.15, 0.2) is 0 Å². The van der Waals surface area contributed by atoms with Gasteiger partial charge in [0.1, 0.15) is 22.4 Å². The fraction of sp³-hybridized carbons (Fsp3) is 0.241. The minimum absolute atomic E-state index is 0.0831. The van der Waals surface area contributed by atoms with Crippen LogP contribution >= 0.6 is 23.2 Å². The van der Waals surface area contributed by atoms with E-state index < -0.39 is 69.3 Å². The Morgan fingerprint density at radius 2 is 1.32 bits per heavy atom. The molecule has 0 saturated carbocycles. The van der Waals surface area contributed by atoms with Crippen molar-refractivity contribution in [3.05, 3.63) is 111 Å². The van der Waals surface area contributed by atoms with Crippen LogP contribution in [0.3, 0.4) is 0 Å². The van der Waals surface area contributed by atoms with Crippen molar-refractivity contribution in [2.75, 3.05) is 0 Å². The third-order valence-corrected chi connectivity index (χ3v) is 9.44. The number of ether oxygens (including phenoxy) is 1. The maximum absolute atomic E-state index is 14.2. The summed E-state index contributed by atoms with van der Waals surface area (Å²) in [5, 5.41) is 11.4. The third kappa shape index (κ3) is 3.63. The SMILES string of the molecule is NC(=O)C[C@H](C(=O)OCc1ccccc1[N+](=O)[O-])N1C(=O)[C@H]2[C@H](C1=O)C1(Cl)c3ccccc3C2(Cl)c2ccccc21. The summed E-state index contributed by atoms with van der Waals surface area (Å²) >= 11 is 14.8. The third-order valence-electron chi connectivity index (χ3n) is 8.16. The number of nitrogens with zero attached hydrogens (tertiary/aromatic N) is 2. The van der Waals surface area contributed by atoms with E-state index in [1.165, 1.54) is 24.3 Å². The van der Waals surface area contributed by atoms with E-state index in [1.807, 2.05) is 0 Å². The molecule has 4 aliphatic rings. The van der Waals surface area contributed by atoms with E-state index in [9.17, 15) is 29.3 Å². The number of primary amides is 1. The molecule has 0 radical (unpaired) electrons. The number of amides is 3. The van der Waals surface area contributed by atoms with Gasteiger partial charge < -0.3 is 10.5 Å². The summed E-state index contributed by atoms with van der Waals surface area (Å²) in [6.07, 6.45) is -0.725. The molecule has 2 N–H and O–H groups in total. The zero-order chi connectivity index (χ0) is 29.3. The second-order valence-electron chi connectivity index (χ2n) is 10.2. The summed E-state index contributed by atoms with van der Waals surface area (Å²) in [4.78, 5) is 62.2. The monoisotopic (exact) mass is 593 g/mol. The number of nitro groups is 1. The highest BCUT2D eigenvalue weighted by molar-refractivity contribution is 6.36. The Hall–Kier alpha value is -4.28. The molecule has 3 aromatic rings. The molecular formula is C29H21Cl2N3O7. The van der Waals surface area contributed by atoms with E-state index in [0.29, 0.717) is 27.2 Å². The van der Waals surface area contributed by atoms with Crippen LogP contribution in [0.25, 0.3) is 0 Å². The lowest BCUT2D eigenvalue weighted by Crippen LogP contribution is -2.57. The van der Waals surface area contributed by atoms with Crippen LogP contribution in [0.2, 0.25) is 0 Å². The number of halogens is 2. The van der Waals surface area contributed by atoms with Crippen molar-refractivity contribution < 1.29 is 28.8 Å². The van der Waals surface area contributed by atoms with Gasteiger partial charge >= 0.3 is 5.97 Å². The Morgan fingerprint density at radius 3 is 1.76 bits per heavy atom. The minimum atomic E-state index is -1.73. The van der Waals surface area contributed by atoms with Crippen LogP contribution in [0.1, 0.15) is 34.2 Å². The van der Waals surface area contributed by atoms with Gasteiger partial charge in [0.05, 0.1) is 28.7 Å². The molecule has 3 aliphatic carbocycles. The lowest BCUT2D eigenvalue weighted by Gasteiger charge is -2.54. The number of carbonyl (C=O) groups is 4. The molecular weight excluding hydrogens is 573 g/mol. The van der Waals surface area contributed by atoms with E-state index in [1.54, 1.807) is 48.5 Å². The summed E-state index contributed by atoms with van der Waals surface area (Å²) in [7, 11) is 0. The van der Waals surface area contributed by atoms with Crippen molar-refractivity contribution >= 4 is 52.6 Å². The predicted octanol–water partition coefficient (Wildman–Crippen LogP) is 3.48. The molecule has 10 nitrogen and oxygen atoms in total. The van der Waals surface area contributed by atoms with Gasteiger partial charge in [-0.15, -0.1) is 23.2 Å². The van der Waals surface area contributed by atoms with Crippen LogP contribution < -0.4 is 5.73 Å². The van der Waals surface area contributed by atoms with Crippen LogP contribution in [0.5, 0.6) is 0 Å². The Balaban J connectivity index is 1.42. The molecule has 1 fully saturated rings. The second-order valence-corrected chi connectivity index (χ2v) is 11.4. The van der Waals surface area contributed by atoms with Crippen molar-refractivity contribution in [2.24, 2.45) is 17.6 Å². The first kappa shape index (κ1) is 26.9. The van der Waals surface area contributed by atoms with Crippen LogP contribution in [0.4, 0.5) is 5.69 Å². The molecule has 41 heavy (non-hydrogen) atoms. The topological polar surface area (TPSA) is 150 Å². The highest BCUT2D eigenvalue weighted by atomic mass is 35.5. The number of carbonyl (C=O) groups excluding carboxylic acids is 4. The van der Waals surface area contributed by atoms with Crippen molar-refractivity contribution in [2.45, 2.75) is 28.8 Å². The predicted molar refractivity (Wildman–Crippen MR) is 145 cm³/mol. The standard InChI is InChI=1S/C29H21Cl2N3O7/c30-28-16-8-2-3-9-17(16)29(31,19-11-5-4-10-18(19)28)24-23(28)25(36)33(26(24)37)21(13-22(32)35)27(38)41-14-15-7-1-6-12-20(15)34(39)40/h1-12,21,23-24H,13-14H2,(H2,32,35)/t21-,23-,24-,28?,29?/m1/s1. The number of para-hydroxylation sites is 1. The van der Waals surface area contributed by atoms with Gasteiger partial charge in [-0.05, 0) is 28.3 Å². The average Bonchev–Trinajstić information content (AvgIpc) is 3.24. The van der Waals surface area contributed by atoms with Gasteiger partial charge in [0, 0.05) is 6.07 Å². The number of nitro benzene ring substituents is 1. The molecule has 1 saturated heterocycles. The number of likely N-dealkylation sites (tertiary alicyclic amines) is 1. The number of alkyl halides is 2. The van der Waals surface area contributed by atoms with Crippen molar-refractivity contribution in [3.63, 3.8) is 0 Å². The van der Waals surface area contributed by atoms with Crippen molar-refractivity contribution in [1.82, 2.24) is 4.90 Å². The normalized spacial score (nSPS) is 26.1. The van der Waals surface area contributed by atoms with E-state index >= 15 is 0 Å². The Kier molecular flexibility index (Phi) is 6.16. The second kappa shape index (κ2) is 9.39. The maximum Gasteiger partial charge on any atom is 0.330 e. The summed E-state index contributed by atoms with van der Waals surface area (Å²) in [6.45, 7) is -0.538. The van der Waals surface area contributed by atoms with Gasteiger partial charge in [0.2, 0.25) is 17.7 Å². The molecule has 1 heterocycles. The molecule has 12 heteroatoms. The zero-order valence-corrected chi connectivity index (χ0v) is 22.7. The molecule has 2 bridgehead atoms. The van der Waals surface area contributed by atoms with Gasteiger partial charge in [-0.2, -0.15) is 0 Å². The molecule has 0 unspecified atom stereocenters. The number of imide groups is 1. The Labute approximate surface area is 243 Å². The molecule has 3 aromatic carbocycles. The number of esters is 1. The van der Waals surface area contributed by atoms with Crippen molar-refractivity contribution in [1.29, 1.82) is 0 Å². The average molecular weight is 594 g/mol. The minimum Gasteiger partial charge on any atom is -0.459 e. The van der Waals surface area contributed by atoms with Gasteiger partial charge in [-0.1, -0.05) is 60.7 Å². The summed E-state index contributed by atoms with van der Waals surface area (Å²) < 4.78 is 5.32. The summed E-state index contributed by atoms with van der Waals surface area (Å²) in [6, 6.07) is 18.0. The fourth-order valence-electron chi connectivity index (χ4n) is 6.52. The smallest absolute Gasteiger partial charge is 0.330 e. The Bertz CT molecular complexity index is 1550. The van der Waals surface area contributed by atoms with Gasteiger partial charge in [-0.25, -0.2) is 4.79 Å². The Morgan fingerprint density at radius 1 is 0.878 bits per heavy atom. The number of hydrogen-bond donors (Lipinski definition) is 1. The maximum atomic E-state index is 14.2. The molecule has 3 atom stereocenters. The van der Waals surface area contributed by atoms with E-state index in [2.05, 4.69) is 0 Å². The number of benzene rings is 3. The summed E-state index contributed by atoms with van der Waals surface area (Å²) in [5.41, 5.74) is 7.52. The molecule has 208 valence electrons. The van der Waals surface area contributed by atoms with E-state index in [0.717, 1.165) is 0 Å². The highest BCUT2D eigenvalue weighted by Crippen LogP contribution is 2.69. The fourth-order valence-corrected chi connectivity index (χ4v) is 7.62. The summed E-state index contributed by atoms with van der Waals surface area (Å²) in [5.74, 6) is -6.08. The molecule has 0 aromatic heterocycles. The first-order valence-corrected chi connectivity index (χ1v) is 13.4. The molecule has 3 amide bonds. The van der Waals surface area contributed by atoms with Crippen LogP contribution in [-0.4, -0.2) is 39.6 Å². The van der Waals surface area contributed by atoms with Gasteiger partial charge in [0.25, 0.3) is 5.69 Å². The van der Waals surface area contributed by atoms with Crippen LogP contribution in [0.15, 0.2) is 72.8 Å². The van der Waals surface area contributed by atoms with E-state index in [-0.39, 0.29) is 11.3 Å². The first-order chi connectivity index (χ1) is 19.5. The first-order valence-electron chi connectivity index (χ1n) is 12.6. The zero-order valence-electron chi connectivity index (χ0n) is 21.2. The van der Waals surface area contributed by atoms with E-state index in [4.69, 9.17) is 33.7 Å². The lowest BCUT2D eigenvalue weighted by molar-refractivity contribution is -0.385. The largest absolute Gasteiger partial charge is 0.459 e. The quantitative estimate of drug-likeness (QED) is 0.145. The van der Waals surface area contributed by atoms with Crippen LogP contribution in [0, 0.1) is 22.0 Å². The molecule has 7 rings (SSSR count). The lowest BCUT2D eigenvalue weighted by atomic mass is 9.54.